The zero-order chi connectivity index (χ0) is 24.8. The van der Waals surface area contributed by atoms with E-state index in [9.17, 15) is 22.4 Å². The summed E-state index contributed by atoms with van der Waals surface area (Å²) in [5.41, 5.74) is 1.08. The monoisotopic (exact) mass is 492 g/mol. The van der Waals surface area contributed by atoms with Gasteiger partial charge in [-0.2, -0.15) is 22.8 Å². The van der Waals surface area contributed by atoms with Gasteiger partial charge in [-0.05, 0) is 18.9 Å². The summed E-state index contributed by atoms with van der Waals surface area (Å²) in [4.78, 5) is 28.3. The lowest BCUT2D eigenvalue weighted by atomic mass is 9.85. The number of carbonyl (C=O) groups excluding carboxylic acids is 1. The minimum atomic E-state index is -4.35. The number of rotatable bonds is 5. The lowest BCUT2D eigenvalue weighted by Gasteiger charge is -2.45. The van der Waals surface area contributed by atoms with Gasteiger partial charge in [-0.25, -0.2) is 14.8 Å². The number of alkyl halides is 4. The van der Waals surface area contributed by atoms with Crippen molar-refractivity contribution in [1.29, 1.82) is 5.26 Å². The summed E-state index contributed by atoms with van der Waals surface area (Å²) in [6.07, 6.45) is 2.98. The fourth-order valence-electron chi connectivity index (χ4n) is 4.62. The number of aromatic nitrogens is 3. The Morgan fingerprint density at radius 1 is 1.14 bits per heavy atom. The van der Waals surface area contributed by atoms with E-state index in [2.05, 4.69) is 15.0 Å². The van der Waals surface area contributed by atoms with Crippen LogP contribution >= 0.6 is 0 Å². The molecular formula is C22H20F4N6O3. The Kier molecular flexibility index (Phi) is 5.61. The molecule has 184 valence electrons. The summed E-state index contributed by atoms with van der Waals surface area (Å²) in [7, 11) is 0. The van der Waals surface area contributed by atoms with Gasteiger partial charge in [0.1, 0.15) is 12.7 Å². The third kappa shape index (κ3) is 4.06. The fourth-order valence-corrected chi connectivity index (χ4v) is 4.62. The van der Waals surface area contributed by atoms with Crippen LogP contribution in [0.5, 0.6) is 5.75 Å². The molecule has 1 aliphatic carbocycles. The van der Waals surface area contributed by atoms with Crippen LogP contribution in [0.25, 0.3) is 0 Å². The molecule has 4 heterocycles. The molecule has 2 aliphatic heterocycles. The van der Waals surface area contributed by atoms with E-state index in [4.69, 9.17) is 14.7 Å². The van der Waals surface area contributed by atoms with Crippen LogP contribution in [0.4, 0.5) is 28.3 Å². The normalized spacial score (nSPS) is 26.0. The second kappa shape index (κ2) is 8.51. The van der Waals surface area contributed by atoms with E-state index >= 15 is 0 Å². The van der Waals surface area contributed by atoms with Gasteiger partial charge in [-0.3, -0.25) is 9.88 Å². The van der Waals surface area contributed by atoms with Crippen LogP contribution in [-0.4, -0.2) is 69.1 Å². The van der Waals surface area contributed by atoms with Crippen LogP contribution in [0.3, 0.4) is 0 Å². The van der Waals surface area contributed by atoms with Crippen molar-refractivity contribution in [3.8, 4) is 11.8 Å². The summed E-state index contributed by atoms with van der Waals surface area (Å²) >= 11 is 0. The molecule has 2 aromatic rings. The Balaban J connectivity index is 1.18. The maximum absolute atomic E-state index is 13.5. The second-order valence-corrected chi connectivity index (χ2v) is 8.75. The van der Waals surface area contributed by atoms with Crippen LogP contribution in [-0.2, 0) is 11.3 Å². The summed E-state index contributed by atoms with van der Waals surface area (Å²) in [5.74, 6) is -7.69. The van der Waals surface area contributed by atoms with Gasteiger partial charge in [0.2, 0.25) is 5.95 Å². The summed E-state index contributed by atoms with van der Waals surface area (Å²) in [5, 5.41) is 9.13. The molecule has 0 N–H and O–H groups in total. The highest BCUT2D eigenvalue weighted by molar-refractivity contribution is 5.70. The Morgan fingerprint density at radius 2 is 1.83 bits per heavy atom. The molecule has 0 radical (unpaired) electrons. The molecular weight excluding hydrogens is 472 g/mol. The van der Waals surface area contributed by atoms with Crippen molar-refractivity contribution in [1.82, 2.24) is 19.9 Å². The van der Waals surface area contributed by atoms with Crippen molar-refractivity contribution in [3.05, 3.63) is 42.0 Å². The number of halogens is 4. The average Bonchev–Trinajstić information content (AvgIpc) is 3.12. The Hall–Kier alpha value is -3.69. The van der Waals surface area contributed by atoms with Gasteiger partial charge in [0.05, 0.1) is 36.5 Å². The molecule has 35 heavy (non-hydrogen) atoms. The van der Waals surface area contributed by atoms with Crippen LogP contribution in [0.15, 0.2) is 30.9 Å². The maximum Gasteiger partial charge on any atom is 0.410 e. The van der Waals surface area contributed by atoms with Crippen LogP contribution < -0.4 is 9.64 Å². The maximum atomic E-state index is 13.5. The SMILES string of the molecule is N#Cc1cnccc1COc1cnc(N2CC3CCC(C2)N3C(=O)OC2CC(F)(F)C2(F)F)nc1. The van der Waals surface area contributed by atoms with Gasteiger partial charge in [0, 0.05) is 31.0 Å². The molecule has 3 fully saturated rings. The van der Waals surface area contributed by atoms with E-state index in [0.717, 1.165) is 0 Å². The van der Waals surface area contributed by atoms with E-state index in [1.165, 1.54) is 23.5 Å². The van der Waals surface area contributed by atoms with E-state index < -0.39 is 30.5 Å². The largest absolute Gasteiger partial charge is 0.486 e. The summed E-state index contributed by atoms with van der Waals surface area (Å²) in [6.45, 7) is 0.849. The standard InChI is InChI=1S/C22H20F4N6O3/c23-21(24)5-18(22(21,25)26)35-20(33)32-15-1-2-16(32)11-31(10-15)19-29-8-17(9-30-19)34-12-13-3-4-28-7-14(13)6-27/h3-4,7-9,15-16,18H,1-2,5,10-12H2. The molecule has 3 unspecified atom stereocenters. The number of fused-ring (bicyclic) bond motifs is 2. The predicted molar refractivity (Wildman–Crippen MR) is 111 cm³/mol. The molecule has 13 heteroatoms. The van der Waals surface area contributed by atoms with Gasteiger partial charge in [0.25, 0.3) is 0 Å². The van der Waals surface area contributed by atoms with Crippen LogP contribution in [0.2, 0.25) is 0 Å². The second-order valence-electron chi connectivity index (χ2n) is 8.75. The van der Waals surface area contributed by atoms with Gasteiger partial charge in [0.15, 0.2) is 11.9 Å². The molecule has 3 atom stereocenters. The van der Waals surface area contributed by atoms with Crippen molar-refractivity contribution < 1.29 is 31.8 Å². The van der Waals surface area contributed by atoms with Crippen LogP contribution in [0, 0.1) is 11.3 Å². The number of anilines is 1. The highest BCUT2D eigenvalue weighted by Gasteiger charge is 2.74. The summed E-state index contributed by atoms with van der Waals surface area (Å²) in [6, 6.07) is 3.08. The molecule has 9 nitrogen and oxygen atoms in total. The molecule has 0 spiro atoms. The third-order valence-corrected chi connectivity index (χ3v) is 6.59. The Morgan fingerprint density at radius 3 is 2.43 bits per heavy atom. The smallest absolute Gasteiger partial charge is 0.410 e. The average molecular weight is 492 g/mol. The summed E-state index contributed by atoms with van der Waals surface area (Å²) < 4.78 is 63.6. The zero-order valence-electron chi connectivity index (χ0n) is 18.3. The minimum absolute atomic E-state index is 0.144. The molecule has 1 saturated carbocycles. The predicted octanol–water partition coefficient (Wildman–Crippen LogP) is 3.15. The van der Waals surface area contributed by atoms with Crippen molar-refractivity contribution in [2.75, 3.05) is 18.0 Å². The first-order valence-corrected chi connectivity index (χ1v) is 11.0. The number of pyridine rings is 1. The zero-order valence-corrected chi connectivity index (χ0v) is 18.3. The minimum Gasteiger partial charge on any atom is -0.486 e. The number of hydrogen-bond donors (Lipinski definition) is 0. The van der Waals surface area contributed by atoms with Crippen molar-refractivity contribution >= 4 is 12.0 Å². The number of hydrogen-bond acceptors (Lipinski definition) is 8. The van der Waals surface area contributed by atoms with E-state index in [-0.39, 0.29) is 18.7 Å². The van der Waals surface area contributed by atoms with Gasteiger partial charge >= 0.3 is 17.9 Å². The van der Waals surface area contributed by atoms with Crippen LogP contribution in [0.1, 0.15) is 30.4 Å². The first-order valence-electron chi connectivity index (χ1n) is 11.0. The van der Waals surface area contributed by atoms with Crippen molar-refractivity contribution in [3.63, 3.8) is 0 Å². The Bertz CT molecular complexity index is 1140. The number of piperazine rings is 1. The van der Waals surface area contributed by atoms with E-state index in [0.29, 0.717) is 48.8 Å². The fraction of sp³-hybridized carbons (Fsp3) is 0.500. The van der Waals surface area contributed by atoms with Gasteiger partial charge in [-0.1, -0.05) is 0 Å². The molecule has 0 aromatic carbocycles. The topological polar surface area (TPSA) is 104 Å². The van der Waals surface area contributed by atoms with E-state index in [1.807, 2.05) is 11.0 Å². The van der Waals surface area contributed by atoms with Crippen molar-refractivity contribution in [2.45, 2.75) is 55.9 Å². The van der Waals surface area contributed by atoms with Gasteiger partial charge in [-0.15, -0.1) is 0 Å². The molecule has 2 saturated heterocycles. The number of amides is 1. The first kappa shape index (κ1) is 23.1. The van der Waals surface area contributed by atoms with Crippen molar-refractivity contribution in [2.24, 2.45) is 0 Å². The number of carbonyl (C=O) groups is 1. The molecule has 2 aromatic heterocycles. The van der Waals surface area contributed by atoms with Gasteiger partial charge < -0.3 is 14.4 Å². The third-order valence-electron chi connectivity index (χ3n) is 6.59. The lowest BCUT2D eigenvalue weighted by molar-refractivity contribution is -0.330. The molecule has 5 rings (SSSR count). The number of nitrogens with zero attached hydrogens (tertiary/aromatic N) is 6. The number of nitriles is 1. The highest BCUT2D eigenvalue weighted by atomic mass is 19.3. The van der Waals surface area contributed by atoms with E-state index in [1.54, 1.807) is 12.3 Å². The molecule has 1 amide bonds. The Labute approximate surface area is 197 Å². The highest BCUT2D eigenvalue weighted by Crippen LogP contribution is 2.52. The lowest BCUT2D eigenvalue weighted by Crippen LogP contribution is -2.65. The number of ether oxygens (including phenoxy) is 2. The first-order chi connectivity index (χ1) is 16.7. The quantitative estimate of drug-likeness (QED) is 0.587. The molecule has 3 aliphatic rings. The molecule has 2 bridgehead atoms.